The molecule has 0 radical (unpaired) electrons. The van der Waals surface area contributed by atoms with Crippen LogP contribution in [0.15, 0.2) is 90.0 Å². The summed E-state index contributed by atoms with van der Waals surface area (Å²) in [7, 11) is 0. The second-order valence-corrected chi connectivity index (χ2v) is 6.79. The zero-order valence-corrected chi connectivity index (χ0v) is 16.4. The number of phenols is 1. The first kappa shape index (κ1) is 19.1. The number of carbonyl (C=O) groups excluding carboxylic acids is 1. The van der Waals surface area contributed by atoms with Crippen molar-refractivity contribution in [3.8, 4) is 22.7 Å². The summed E-state index contributed by atoms with van der Waals surface area (Å²) < 4.78 is 1.74. The minimum Gasteiger partial charge on any atom is -0.507 e. The molecule has 0 aliphatic heterocycles. The monoisotopic (exact) mass is 396 g/mol. The number of aromatic nitrogens is 2. The Morgan fingerprint density at radius 2 is 1.70 bits per heavy atom. The molecule has 0 bridgehead atoms. The first-order chi connectivity index (χ1) is 14.6. The molecule has 0 unspecified atom stereocenters. The molecule has 6 heteroatoms. The average molecular weight is 396 g/mol. The second-order valence-electron chi connectivity index (χ2n) is 6.79. The van der Waals surface area contributed by atoms with Gasteiger partial charge in [0.05, 0.1) is 17.6 Å². The van der Waals surface area contributed by atoms with Gasteiger partial charge in [-0.2, -0.15) is 10.2 Å². The van der Waals surface area contributed by atoms with Gasteiger partial charge in [-0.05, 0) is 37.3 Å². The maximum Gasteiger partial charge on any atom is 0.291 e. The molecule has 0 aliphatic rings. The Labute approximate surface area is 174 Å². The Hall–Kier alpha value is -4.19. The van der Waals surface area contributed by atoms with Crippen molar-refractivity contribution in [3.05, 3.63) is 102 Å². The van der Waals surface area contributed by atoms with Gasteiger partial charge in [0, 0.05) is 11.1 Å². The van der Waals surface area contributed by atoms with Crippen LogP contribution >= 0.6 is 0 Å². The van der Waals surface area contributed by atoms with E-state index in [0.29, 0.717) is 5.56 Å². The smallest absolute Gasteiger partial charge is 0.291 e. The maximum absolute atomic E-state index is 12.6. The number of hydrogen-bond donors (Lipinski definition) is 2. The third-order valence-corrected chi connectivity index (χ3v) is 4.60. The van der Waals surface area contributed by atoms with Crippen LogP contribution in [0.5, 0.6) is 5.75 Å². The Bertz CT molecular complexity index is 1200. The highest BCUT2D eigenvalue weighted by Crippen LogP contribution is 2.24. The molecule has 30 heavy (non-hydrogen) atoms. The SMILES string of the molecule is Cc1ccc(-c2cc(C(=O)N/N=C\c3ccccc3O)nn2-c2ccccc2)cc1. The standard InChI is InChI=1S/C24H20N4O2/c1-17-11-13-18(14-12-17)22-15-21(27-28(22)20-8-3-2-4-9-20)24(30)26-25-16-19-7-5-6-10-23(19)29/h2-16,29H,1H3,(H,26,30)/b25-16-. The number of aromatic hydroxyl groups is 1. The minimum atomic E-state index is -0.440. The Morgan fingerprint density at radius 3 is 2.43 bits per heavy atom. The number of phenolic OH excluding ortho intramolecular Hbond substituents is 1. The molecule has 0 spiro atoms. The third kappa shape index (κ3) is 4.12. The number of benzene rings is 3. The molecular weight excluding hydrogens is 376 g/mol. The van der Waals surface area contributed by atoms with Crippen LogP contribution in [0.2, 0.25) is 0 Å². The highest BCUT2D eigenvalue weighted by molar-refractivity contribution is 5.94. The number of nitrogens with one attached hydrogen (secondary N) is 1. The Kier molecular flexibility index (Phi) is 5.39. The van der Waals surface area contributed by atoms with E-state index in [9.17, 15) is 9.90 Å². The van der Waals surface area contributed by atoms with Crippen LogP contribution in [-0.2, 0) is 0 Å². The first-order valence-corrected chi connectivity index (χ1v) is 9.46. The van der Waals surface area contributed by atoms with Crippen molar-refractivity contribution in [2.45, 2.75) is 6.92 Å². The van der Waals surface area contributed by atoms with Crippen molar-refractivity contribution < 1.29 is 9.90 Å². The van der Waals surface area contributed by atoms with Crippen LogP contribution in [0.25, 0.3) is 16.9 Å². The topological polar surface area (TPSA) is 79.5 Å². The molecule has 4 aromatic rings. The number of rotatable bonds is 5. The quantitative estimate of drug-likeness (QED) is 0.390. The van der Waals surface area contributed by atoms with Gasteiger partial charge in [0.2, 0.25) is 0 Å². The van der Waals surface area contributed by atoms with Crippen molar-refractivity contribution in [1.82, 2.24) is 15.2 Å². The molecule has 148 valence electrons. The molecule has 1 amide bonds. The van der Waals surface area contributed by atoms with Crippen molar-refractivity contribution in [2.75, 3.05) is 0 Å². The molecule has 3 aromatic carbocycles. The lowest BCUT2D eigenvalue weighted by Crippen LogP contribution is -2.18. The summed E-state index contributed by atoms with van der Waals surface area (Å²) in [6, 6.07) is 26.2. The average Bonchev–Trinajstić information content (AvgIpc) is 3.22. The lowest BCUT2D eigenvalue weighted by Gasteiger charge is -2.07. The number of para-hydroxylation sites is 2. The van der Waals surface area contributed by atoms with Gasteiger partial charge >= 0.3 is 0 Å². The molecule has 1 heterocycles. The number of carbonyl (C=O) groups is 1. The fraction of sp³-hybridized carbons (Fsp3) is 0.0417. The molecule has 0 saturated heterocycles. The van der Waals surface area contributed by atoms with Crippen molar-refractivity contribution in [3.63, 3.8) is 0 Å². The molecule has 0 aliphatic carbocycles. The summed E-state index contributed by atoms with van der Waals surface area (Å²) in [5.74, 6) is -0.352. The van der Waals surface area contributed by atoms with E-state index in [-0.39, 0.29) is 11.4 Å². The highest BCUT2D eigenvalue weighted by atomic mass is 16.3. The molecule has 4 rings (SSSR count). The molecule has 0 atom stereocenters. The number of amides is 1. The van der Waals surface area contributed by atoms with E-state index >= 15 is 0 Å². The van der Waals surface area contributed by atoms with E-state index in [1.165, 1.54) is 6.21 Å². The fourth-order valence-corrected chi connectivity index (χ4v) is 3.00. The minimum absolute atomic E-state index is 0.0884. The molecule has 0 saturated carbocycles. The van der Waals surface area contributed by atoms with E-state index in [1.54, 1.807) is 35.0 Å². The molecule has 1 aromatic heterocycles. The van der Waals surface area contributed by atoms with E-state index in [0.717, 1.165) is 22.5 Å². The summed E-state index contributed by atoms with van der Waals surface area (Å²) in [5, 5.41) is 18.2. The number of nitrogens with zero attached hydrogens (tertiary/aromatic N) is 3. The van der Waals surface area contributed by atoms with Crippen LogP contribution in [-0.4, -0.2) is 27.0 Å². The van der Waals surface area contributed by atoms with Gasteiger partial charge in [0.1, 0.15) is 5.75 Å². The van der Waals surface area contributed by atoms with Gasteiger partial charge in [0.25, 0.3) is 5.91 Å². The van der Waals surface area contributed by atoms with Crippen LogP contribution in [0, 0.1) is 6.92 Å². The van der Waals surface area contributed by atoms with Crippen molar-refractivity contribution >= 4 is 12.1 Å². The van der Waals surface area contributed by atoms with Crippen LogP contribution in [0.3, 0.4) is 0 Å². The van der Waals surface area contributed by atoms with Crippen LogP contribution in [0.1, 0.15) is 21.6 Å². The van der Waals surface area contributed by atoms with E-state index < -0.39 is 5.91 Å². The largest absolute Gasteiger partial charge is 0.507 e. The lowest BCUT2D eigenvalue weighted by molar-refractivity contribution is 0.0949. The first-order valence-electron chi connectivity index (χ1n) is 9.46. The van der Waals surface area contributed by atoms with Gasteiger partial charge in [0.15, 0.2) is 5.69 Å². The second kappa shape index (κ2) is 8.45. The fourth-order valence-electron chi connectivity index (χ4n) is 3.00. The van der Waals surface area contributed by atoms with Gasteiger partial charge in [-0.15, -0.1) is 0 Å². The van der Waals surface area contributed by atoms with E-state index in [1.807, 2.05) is 61.5 Å². The summed E-state index contributed by atoms with van der Waals surface area (Å²) >= 11 is 0. The summed E-state index contributed by atoms with van der Waals surface area (Å²) in [6.07, 6.45) is 1.39. The molecule has 2 N–H and O–H groups in total. The van der Waals surface area contributed by atoms with Crippen LogP contribution in [0.4, 0.5) is 0 Å². The number of aryl methyl sites for hydroxylation is 1. The summed E-state index contributed by atoms with van der Waals surface area (Å²) in [4.78, 5) is 12.6. The number of hydrogen-bond acceptors (Lipinski definition) is 4. The predicted octanol–water partition coefficient (Wildman–Crippen LogP) is 4.32. The van der Waals surface area contributed by atoms with Crippen molar-refractivity contribution in [2.24, 2.45) is 5.10 Å². The van der Waals surface area contributed by atoms with Crippen molar-refractivity contribution in [1.29, 1.82) is 0 Å². The molecule has 0 fully saturated rings. The molecular formula is C24H20N4O2. The number of hydrazone groups is 1. The maximum atomic E-state index is 12.6. The van der Waals surface area contributed by atoms with Gasteiger partial charge in [-0.1, -0.05) is 60.2 Å². The van der Waals surface area contributed by atoms with Gasteiger partial charge in [-0.25, -0.2) is 10.1 Å². The predicted molar refractivity (Wildman–Crippen MR) is 117 cm³/mol. The Morgan fingerprint density at radius 1 is 1.00 bits per heavy atom. The summed E-state index contributed by atoms with van der Waals surface area (Å²) in [5.41, 5.74) is 6.98. The van der Waals surface area contributed by atoms with E-state index in [2.05, 4.69) is 15.6 Å². The third-order valence-electron chi connectivity index (χ3n) is 4.60. The molecule has 6 nitrogen and oxygen atoms in total. The zero-order chi connectivity index (χ0) is 20.9. The van der Waals surface area contributed by atoms with Crippen LogP contribution < -0.4 is 5.43 Å². The lowest BCUT2D eigenvalue weighted by atomic mass is 10.1. The highest BCUT2D eigenvalue weighted by Gasteiger charge is 2.16. The summed E-state index contributed by atoms with van der Waals surface area (Å²) in [6.45, 7) is 2.03. The van der Waals surface area contributed by atoms with Gasteiger partial charge < -0.3 is 5.11 Å². The van der Waals surface area contributed by atoms with E-state index in [4.69, 9.17) is 0 Å². The normalized spacial score (nSPS) is 11.0. The Balaban J connectivity index is 1.64. The van der Waals surface area contributed by atoms with Gasteiger partial charge in [-0.3, -0.25) is 4.79 Å². The zero-order valence-electron chi connectivity index (χ0n) is 16.4.